The maximum Gasteiger partial charge on any atom is 0.238 e. The maximum absolute atomic E-state index is 9.67. The molecule has 22 rings (SSSR count). The molecule has 8 aromatic heterocycles. The van der Waals surface area contributed by atoms with E-state index in [-0.39, 0.29) is 115 Å². The van der Waals surface area contributed by atoms with E-state index in [4.69, 9.17) is 59.4 Å². The standard InChI is InChI=1S/2C45H26N4OS/c2*1-3-12-27(13-4-1)30-18-11-20-36-40(30)33-23-22-29(26-37(33)50-36)44-46-43(28-14-5-2-6-15-28)47-45(48-44)49-35-19-9-7-16-31(35)32-24-25-39-41(42(32)49)34-17-8-10-21-38(34)51-39/h2*1-26H/i1D,2D,3D,4D,5D,6D,7D,8D,9D,10D,11D,12D,13D,14D,15D,16D,17D,18D,19D,20D,21D,22D,23D,24D,25D,26D;7D,8D,9D,10D,16D,17D,19D,21D,24D,25D. The van der Waals surface area contributed by atoms with Gasteiger partial charge in [0.1, 0.15) is 22.3 Å². The van der Waals surface area contributed by atoms with Crippen LogP contribution < -0.4 is 0 Å². The summed E-state index contributed by atoms with van der Waals surface area (Å²) >= 11 is 1.65. The van der Waals surface area contributed by atoms with E-state index in [1.165, 1.54) is 4.57 Å². The second kappa shape index (κ2) is 23.2. The fraction of sp³-hybridized carbons (Fsp3) is 0. The van der Waals surface area contributed by atoms with Crippen LogP contribution in [-0.2, 0) is 0 Å². The Morgan fingerprint density at radius 2 is 0.784 bits per heavy atom. The molecule has 8 heterocycles. The largest absolute Gasteiger partial charge is 0.456 e. The van der Waals surface area contributed by atoms with Gasteiger partial charge in [0.2, 0.25) is 11.9 Å². The number of para-hydroxylation sites is 2. The number of rotatable bonds is 8. The molecule has 0 fully saturated rings. The maximum atomic E-state index is 9.67. The number of benzene rings is 14. The first kappa shape index (κ1) is 32.6. The zero-order chi connectivity index (χ0) is 98.3. The van der Waals surface area contributed by atoms with E-state index in [1.807, 2.05) is 91.0 Å². The predicted octanol–water partition coefficient (Wildman–Crippen LogP) is 24.5. The Morgan fingerprint density at radius 1 is 0.275 bits per heavy atom. The molecule has 0 spiro atoms. The van der Waals surface area contributed by atoms with E-state index in [1.54, 1.807) is 0 Å². The molecule has 0 radical (unpaired) electrons. The fourth-order valence-corrected chi connectivity index (χ4v) is 14.9. The molecular formula is C90H52N8O2S2. The van der Waals surface area contributed by atoms with E-state index in [0.29, 0.717) is 33.6 Å². The molecule has 0 saturated heterocycles. The molecule has 0 unspecified atom stereocenters. The molecular weight excluding hydrogens is 1290 g/mol. The molecule has 22 aromatic rings. The Hall–Kier alpha value is -13.3. The van der Waals surface area contributed by atoms with Crippen molar-refractivity contribution in [1.29, 1.82) is 0 Å². The van der Waals surface area contributed by atoms with Crippen LogP contribution in [0.5, 0.6) is 0 Å². The molecule has 14 aromatic carbocycles. The van der Waals surface area contributed by atoms with E-state index in [2.05, 4.69) is 21.0 Å². The third-order valence-electron chi connectivity index (χ3n) is 17.2. The lowest BCUT2D eigenvalue weighted by atomic mass is 9.99. The number of nitrogens with zero attached hydrogens (tertiary/aromatic N) is 8. The minimum absolute atomic E-state index is 0.00671. The van der Waals surface area contributed by atoms with Gasteiger partial charge < -0.3 is 8.83 Å². The van der Waals surface area contributed by atoms with E-state index in [0.717, 1.165) is 37.8 Å². The highest BCUT2D eigenvalue weighted by molar-refractivity contribution is 7.26. The smallest absolute Gasteiger partial charge is 0.238 e. The summed E-state index contributed by atoms with van der Waals surface area (Å²) in [6, 6.07) is 5.79. The molecule has 476 valence electrons. The number of fused-ring (bicyclic) bond motifs is 20. The lowest BCUT2D eigenvalue weighted by Gasteiger charge is -2.11. The Morgan fingerprint density at radius 3 is 1.41 bits per heavy atom. The first-order chi connectivity index (χ1) is 65.5. The average Bonchev–Trinajstić information content (AvgIpc) is 1.52. The van der Waals surface area contributed by atoms with Crippen molar-refractivity contribution in [3.8, 4) is 79.7 Å². The Kier molecular flexibility index (Phi) is 7.41. The lowest BCUT2D eigenvalue weighted by Crippen LogP contribution is -2.06. The molecule has 0 saturated carbocycles. The highest BCUT2D eigenvalue weighted by Gasteiger charge is 2.25. The molecule has 12 heteroatoms. The molecule has 0 atom stereocenters. The Bertz CT molecular complexity index is 9390. The van der Waals surface area contributed by atoms with Gasteiger partial charge in [-0.1, -0.05) is 242 Å². The highest BCUT2D eigenvalue weighted by atomic mass is 32.1. The SMILES string of the molecule is [2H]c1c([2H])c([2H])c(-c2nc(-c3c([2H])c([2H])c4c(oc5c([2H])c([2H])c([2H])c(-c6c([2H])c([2H])c([2H])c([2H])c6[2H])c54)c3[2H])nc(-n3c4c([2H])c([2H])c([2H])c([2H])c4c4c([2H])c([2H])c5sc6c([2H])c([2H])c([2H])c([2H])c6c5c43)n2)c([2H])c1[2H].[2H]c1c([2H])c([2H])c2c(sc3c([2H])c([2H])c4c5c([2H])c([2H])c([2H])c([2H])c5n(-c5nc(-c6ccccc6)nc(-c6ccc7c(c6)oc6cccc(-c8ccccc8)c67)n5)c4c32)c1[2H]. The average molecular weight is 1380 g/mol. The van der Waals surface area contributed by atoms with Gasteiger partial charge in [-0.25, -0.2) is 9.97 Å². The minimum atomic E-state index is -0.951. The van der Waals surface area contributed by atoms with Gasteiger partial charge in [-0.2, -0.15) is 19.9 Å². The summed E-state index contributed by atoms with van der Waals surface area (Å²) in [5.74, 6) is -2.08. The lowest BCUT2D eigenvalue weighted by molar-refractivity contribution is 0.668. The molecule has 0 amide bonds. The topological polar surface area (TPSA) is 113 Å². The number of hydrogen-bond acceptors (Lipinski definition) is 10. The summed E-state index contributed by atoms with van der Waals surface area (Å²) in [5.41, 5.74) is -0.279. The predicted molar refractivity (Wildman–Crippen MR) is 421 cm³/mol. The summed E-state index contributed by atoms with van der Waals surface area (Å²) in [4.78, 5) is 28.4. The van der Waals surface area contributed by atoms with Crippen LogP contribution in [0.2, 0.25) is 0 Å². The van der Waals surface area contributed by atoms with Gasteiger partial charge in [0.15, 0.2) is 23.3 Å². The van der Waals surface area contributed by atoms with Crippen LogP contribution in [0.1, 0.15) is 49.3 Å². The Labute approximate surface area is 640 Å². The minimum Gasteiger partial charge on any atom is -0.456 e. The second-order valence-electron chi connectivity index (χ2n) is 22.9. The highest BCUT2D eigenvalue weighted by Crippen LogP contribution is 2.47. The zero-order valence-corrected chi connectivity index (χ0v) is 53.1. The quantitative estimate of drug-likeness (QED) is 0.148. The van der Waals surface area contributed by atoms with Gasteiger partial charge in [-0.3, -0.25) is 9.13 Å². The van der Waals surface area contributed by atoms with Crippen molar-refractivity contribution in [2.24, 2.45) is 0 Å². The van der Waals surface area contributed by atoms with E-state index < -0.39 is 266 Å². The number of furan rings is 2. The summed E-state index contributed by atoms with van der Waals surface area (Å²) in [7, 11) is 0. The van der Waals surface area contributed by atoms with Gasteiger partial charge in [-0.05, 0) is 94.8 Å². The molecule has 102 heavy (non-hydrogen) atoms. The van der Waals surface area contributed by atoms with Crippen molar-refractivity contribution in [2.75, 3.05) is 0 Å². The summed E-state index contributed by atoms with van der Waals surface area (Å²) in [6.07, 6.45) is 0. The molecule has 0 N–H and O–H groups in total. The van der Waals surface area contributed by atoms with E-state index >= 15 is 0 Å². The first-order valence-electron chi connectivity index (χ1n) is 49.0. The van der Waals surface area contributed by atoms with Crippen molar-refractivity contribution in [2.45, 2.75) is 0 Å². The fourth-order valence-electron chi connectivity index (χ4n) is 12.9. The first-order valence-corrected chi connectivity index (χ1v) is 32.6. The van der Waals surface area contributed by atoms with Crippen molar-refractivity contribution >= 4 is 151 Å². The van der Waals surface area contributed by atoms with E-state index in [9.17, 15) is 13.7 Å². The van der Waals surface area contributed by atoms with Crippen molar-refractivity contribution in [3.63, 3.8) is 0 Å². The van der Waals surface area contributed by atoms with Gasteiger partial charge in [0.05, 0.1) is 71.4 Å². The van der Waals surface area contributed by atoms with Crippen LogP contribution in [0, 0.1) is 0 Å². The van der Waals surface area contributed by atoms with Gasteiger partial charge in [-0.15, -0.1) is 22.7 Å². The summed E-state index contributed by atoms with van der Waals surface area (Å²) in [6.45, 7) is 0. The van der Waals surface area contributed by atoms with Crippen LogP contribution in [0.4, 0.5) is 0 Å². The number of aromatic nitrogens is 8. The second-order valence-corrected chi connectivity index (χ2v) is 24.9. The van der Waals surface area contributed by atoms with Crippen LogP contribution in [0.15, 0.2) is 323 Å². The third-order valence-corrected chi connectivity index (χ3v) is 19.3. The van der Waals surface area contributed by atoms with Crippen LogP contribution in [0.25, 0.3) is 208 Å². The number of thiophene rings is 2. The zero-order valence-electron chi connectivity index (χ0n) is 87.4. The normalized spacial score (nSPS) is 16.9. The molecule has 0 aliphatic carbocycles. The molecule has 10 nitrogen and oxygen atoms in total. The van der Waals surface area contributed by atoms with Crippen LogP contribution in [-0.4, -0.2) is 39.0 Å². The van der Waals surface area contributed by atoms with Crippen LogP contribution >= 0.6 is 22.7 Å². The van der Waals surface area contributed by atoms with Crippen molar-refractivity contribution < 1.29 is 58.2 Å². The van der Waals surface area contributed by atoms with Gasteiger partial charge >= 0.3 is 0 Å². The van der Waals surface area contributed by atoms with Crippen molar-refractivity contribution in [3.05, 3.63) is 315 Å². The molecule has 0 aliphatic rings. The van der Waals surface area contributed by atoms with Gasteiger partial charge in [0, 0.05) is 106 Å². The van der Waals surface area contributed by atoms with Gasteiger partial charge in [0.25, 0.3) is 0 Å². The summed E-state index contributed by atoms with van der Waals surface area (Å²) < 4.78 is 335. The van der Waals surface area contributed by atoms with Crippen molar-refractivity contribution in [1.82, 2.24) is 39.0 Å². The van der Waals surface area contributed by atoms with Crippen LogP contribution in [0.3, 0.4) is 0 Å². The third kappa shape index (κ3) is 9.24. The number of hydrogen-bond donors (Lipinski definition) is 0. The molecule has 0 aliphatic heterocycles. The Balaban J connectivity index is 0.000000169. The summed E-state index contributed by atoms with van der Waals surface area (Å²) in [5, 5.41) is -0.119. The monoisotopic (exact) mass is 1380 g/mol. The molecule has 0 bridgehead atoms.